The number of halogens is 4. The quantitative estimate of drug-likeness (QED) is 0.125. The fourth-order valence-corrected chi connectivity index (χ4v) is 6.62. The summed E-state index contributed by atoms with van der Waals surface area (Å²) in [6, 6.07) is 41.0. The van der Waals surface area contributed by atoms with Crippen molar-refractivity contribution >= 4 is 28.0 Å². The molecule has 0 bridgehead atoms. The van der Waals surface area contributed by atoms with E-state index in [1.807, 2.05) is 10.8 Å². The molecule has 0 N–H and O–H groups in total. The summed E-state index contributed by atoms with van der Waals surface area (Å²) in [5.41, 5.74) is 2.52. The van der Waals surface area contributed by atoms with Crippen LogP contribution in [0.2, 0.25) is 0 Å². The van der Waals surface area contributed by atoms with Crippen molar-refractivity contribution in [2.24, 2.45) is 0 Å². The molecule has 0 amide bonds. The molecule has 0 saturated heterocycles. The van der Waals surface area contributed by atoms with Crippen molar-refractivity contribution in [3.63, 3.8) is 0 Å². The van der Waals surface area contributed by atoms with Crippen molar-refractivity contribution in [1.82, 2.24) is 0 Å². The molecule has 0 spiro atoms. The van der Waals surface area contributed by atoms with Gasteiger partial charge in [0.05, 0.1) is 4.90 Å². The normalized spacial score (nSPS) is 11.0. The van der Waals surface area contributed by atoms with Gasteiger partial charge in [0.15, 0.2) is 9.79 Å². The number of rotatable bonds is 5. The third-order valence-electron chi connectivity index (χ3n) is 4.06. The van der Waals surface area contributed by atoms with Crippen molar-refractivity contribution in [3.8, 4) is 11.1 Å². The molecule has 7 heteroatoms. The van der Waals surface area contributed by atoms with Gasteiger partial charge in [0.1, 0.15) is 20.7 Å². The number of benzene rings is 4. The maximum absolute atomic E-state index is 9.75. The molecular formula is C24H19BF4S2. The Hall–Kier alpha value is -2.64. The number of hydrogen-bond donors (Lipinski definition) is 0. The van der Waals surface area contributed by atoms with E-state index < -0.39 is 7.25 Å². The zero-order chi connectivity index (χ0) is 22.1. The van der Waals surface area contributed by atoms with Crippen LogP contribution in [0.15, 0.2) is 130 Å². The van der Waals surface area contributed by atoms with Crippen LogP contribution in [-0.2, 0) is 9.93 Å². The SMILES string of the molecule is F[B-](F)(F)F.c1ccc(-c2ccc(S[S+](c3ccccc3)c3ccccc3)cc2)cc1. The maximum atomic E-state index is 9.75. The summed E-state index contributed by atoms with van der Waals surface area (Å²) in [4.78, 5) is 4.01. The van der Waals surface area contributed by atoms with E-state index in [4.69, 9.17) is 0 Å². The minimum Gasteiger partial charge on any atom is -0.418 e. The van der Waals surface area contributed by atoms with Crippen LogP contribution in [0.1, 0.15) is 0 Å². The van der Waals surface area contributed by atoms with Crippen molar-refractivity contribution in [2.75, 3.05) is 0 Å². The van der Waals surface area contributed by atoms with Crippen LogP contribution in [-0.4, -0.2) is 7.25 Å². The highest BCUT2D eigenvalue weighted by Crippen LogP contribution is 2.39. The molecular weight excluding hydrogens is 439 g/mol. The Labute approximate surface area is 186 Å². The molecule has 158 valence electrons. The minimum atomic E-state index is -6.00. The van der Waals surface area contributed by atoms with Gasteiger partial charge in [-0.05, 0) is 47.5 Å². The Bertz CT molecular complexity index is 996. The first-order valence-electron chi connectivity index (χ1n) is 9.46. The van der Waals surface area contributed by atoms with Gasteiger partial charge in [0.2, 0.25) is 0 Å². The molecule has 4 aromatic carbocycles. The molecule has 0 aliphatic rings. The van der Waals surface area contributed by atoms with E-state index in [0.717, 1.165) is 0 Å². The molecule has 0 unspecified atom stereocenters. The van der Waals surface area contributed by atoms with Gasteiger partial charge < -0.3 is 17.3 Å². The minimum absolute atomic E-state index is 0.0367. The summed E-state index contributed by atoms with van der Waals surface area (Å²) in [7, 11) is -4.11. The standard InChI is InChI=1S/C24H19S2.BF4/c1-4-10-20(11-5-1)21-16-18-22(19-17-21)25-26(23-12-6-2-7-13-23)24-14-8-3-9-15-24;2-1(3,4)5/h1-19H;/q+1;-1. The Kier molecular flexibility index (Phi) is 8.26. The summed E-state index contributed by atoms with van der Waals surface area (Å²) in [6.45, 7) is 0. The Balaban J connectivity index is 0.000000491. The first kappa shape index (κ1) is 23.0. The van der Waals surface area contributed by atoms with Crippen molar-refractivity contribution in [1.29, 1.82) is 0 Å². The molecule has 4 rings (SSSR count). The van der Waals surface area contributed by atoms with E-state index in [0.29, 0.717) is 0 Å². The van der Waals surface area contributed by atoms with Gasteiger partial charge in [-0.1, -0.05) is 78.9 Å². The molecule has 0 saturated carbocycles. The van der Waals surface area contributed by atoms with Crippen LogP contribution in [0.3, 0.4) is 0 Å². The summed E-state index contributed by atoms with van der Waals surface area (Å²) in [5.74, 6) is 0. The highest BCUT2D eigenvalue weighted by atomic mass is 33.1. The van der Waals surface area contributed by atoms with Gasteiger partial charge in [-0.25, -0.2) is 0 Å². The van der Waals surface area contributed by atoms with Crippen LogP contribution in [0.25, 0.3) is 11.1 Å². The second kappa shape index (κ2) is 11.1. The lowest BCUT2D eigenvalue weighted by Crippen LogP contribution is -2.02. The van der Waals surface area contributed by atoms with E-state index in [1.165, 1.54) is 25.8 Å². The molecule has 0 radical (unpaired) electrons. The topological polar surface area (TPSA) is 0 Å². The smallest absolute Gasteiger partial charge is 0.418 e. The van der Waals surface area contributed by atoms with Gasteiger partial charge in [0.25, 0.3) is 0 Å². The van der Waals surface area contributed by atoms with Crippen LogP contribution >= 0.6 is 10.8 Å². The lowest BCUT2D eigenvalue weighted by molar-refractivity contribution is 0.368. The number of hydrogen-bond acceptors (Lipinski definition) is 1. The van der Waals surface area contributed by atoms with E-state index in [2.05, 4.69) is 115 Å². The first-order chi connectivity index (χ1) is 14.9. The van der Waals surface area contributed by atoms with Crippen LogP contribution in [0, 0.1) is 0 Å². The van der Waals surface area contributed by atoms with Crippen molar-refractivity contribution < 1.29 is 17.3 Å². The Morgan fingerprint density at radius 2 is 0.839 bits per heavy atom. The summed E-state index contributed by atoms with van der Waals surface area (Å²) in [5, 5.41) is 0. The first-order valence-corrected chi connectivity index (χ1v) is 12.0. The van der Waals surface area contributed by atoms with Crippen LogP contribution in [0.4, 0.5) is 17.3 Å². The maximum Gasteiger partial charge on any atom is 0.673 e. The zero-order valence-electron chi connectivity index (χ0n) is 16.4. The third kappa shape index (κ3) is 7.85. The third-order valence-corrected chi connectivity index (χ3v) is 8.32. The Morgan fingerprint density at radius 3 is 1.26 bits per heavy atom. The predicted octanol–water partition coefficient (Wildman–Crippen LogP) is 8.40. The lowest BCUT2D eigenvalue weighted by Gasteiger charge is -2.07. The van der Waals surface area contributed by atoms with Crippen LogP contribution < -0.4 is 0 Å². The largest absolute Gasteiger partial charge is 0.673 e. The van der Waals surface area contributed by atoms with Crippen molar-refractivity contribution in [3.05, 3.63) is 115 Å². The second-order valence-electron chi connectivity index (χ2n) is 6.36. The monoisotopic (exact) mass is 458 g/mol. The molecule has 0 atom stereocenters. The fourth-order valence-electron chi connectivity index (χ4n) is 2.75. The Morgan fingerprint density at radius 1 is 0.484 bits per heavy atom. The molecule has 4 aromatic rings. The molecule has 0 aromatic heterocycles. The zero-order valence-corrected chi connectivity index (χ0v) is 18.0. The lowest BCUT2D eigenvalue weighted by atomic mass is 10.1. The van der Waals surface area contributed by atoms with E-state index >= 15 is 0 Å². The van der Waals surface area contributed by atoms with E-state index in [9.17, 15) is 17.3 Å². The molecule has 0 nitrogen and oxygen atoms in total. The predicted molar refractivity (Wildman–Crippen MR) is 125 cm³/mol. The summed E-state index contributed by atoms with van der Waals surface area (Å²) in [6.07, 6.45) is 0. The van der Waals surface area contributed by atoms with E-state index in [-0.39, 0.29) is 9.93 Å². The van der Waals surface area contributed by atoms with Crippen molar-refractivity contribution in [2.45, 2.75) is 14.7 Å². The molecule has 0 aliphatic heterocycles. The molecule has 0 fully saturated rings. The highest BCUT2D eigenvalue weighted by Gasteiger charge is 2.28. The van der Waals surface area contributed by atoms with Gasteiger partial charge >= 0.3 is 7.25 Å². The average molecular weight is 458 g/mol. The van der Waals surface area contributed by atoms with Gasteiger partial charge in [0, 0.05) is 0 Å². The van der Waals surface area contributed by atoms with Gasteiger partial charge in [-0.15, -0.1) is 0 Å². The molecule has 0 aliphatic carbocycles. The fraction of sp³-hybridized carbons (Fsp3) is 0. The van der Waals surface area contributed by atoms with E-state index in [1.54, 1.807) is 0 Å². The average Bonchev–Trinajstić information content (AvgIpc) is 2.79. The molecule has 31 heavy (non-hydrogen) atoms. The molecule has 0 heterocycles. The second-order valence-corrected chi connectivity index (χ2v) is 9.98. The van der Waals surface area contributed by atoms with Gasteiger partial charge in [-0.3, -0.25) is 0 Å². The summed E-state index contributed by atoms with van der Waals surface area (Å²) >= 11 is 0. The summed E-state index contributed by atoms with van der Waals surface area (Å²) < 4.78 is 39.0. The highest BCUT2D eigenvalue weighted by molar-refractivity contribution is 8.74. The van der Waals surface area contributed by atoms with Gasteiger partial charge in [-0.2, -0.15) is 0 Å². The van der Waals surface area contributed by atoms with Crippen LogP contribution in [0.5, 0.6) is 0 Å².